The number of tetrazole rings is 1. The molecule has 1 N–H and O–H groups in total. The Hall–Kier alpha value is -4.96. The van der Waals surface area contributed by atoms with Crippen molar-refractivity contribution in [1.29, 1.82) is 0 Å². The Morgan fingerprint density at radius 3 is 2.53 bits per heavy atom. The second-order valence-electron chi connectivity index (χ2n) is 8.97. The van der Waals surface area contributed by atoms with Gasteiger partial charge in [0.15, 0.2) is 5.65 Å². The third-order valence-corrected chi connectivity index (χ3v) is 6.67. The number of pyridine rings is 1. The summed E-state index contributed by atoms with van der Waals surface area (Å²) in [7, 11) is 0. The third kappa shape index (κ3) is 4.06. The summed E-state index contributed by atoms with van der Waals surface area (Å²) in [6, 6.07) is 22.2. The zero-order chi connectivity index (χ0) is 25.3. The summed E-state index contributed by atoms with van der Waals surface area (Å²) in [4.78, 5) is 12.2. The number of fused-ring (bicyclic) bond motifs is 2. The number of anilines is 1. The van der Waals surface area contributed by atoms with Crippen molar-refractivity contribution < 1.29 is 4.74 Å². The van der Waals surface area contributed by atoms with Crippen LogP contribution < -0.4 is 4.90 Å². The highest BCUT2D eigenvalue weighted by Gasteiger charge is 2.20. The highest BCUT2D eigenvalue weighted by atomic mass is 16.5. The van der Waals surface area contributed by atoms with Gasteiger partial charge in [-0.2, -0.15) is 10.3 Å². The summed E-state index contributed by atoms with van der Waals surface area (Å²) < 4.78 is 7.49. The molecule has 0 atom stereocenters. The fraction of sp³-hybridized carbons (Fsp3) is 0.143. The van der Waals surface area contributed by atoms with E-state index in [1.807, 2.05) is 77.5 Å². The number of aromatic amines is 1. The van der Waals surface area contributed by atoms with E-state index in [-0.39, 0.29) is 0 Å². The number of imidazole rings is 1. The average molecular weight is 502 g/mol. The van der Waals surface area contributed by atoms with Gasteiger partial charge in [0.1, 0.15) is 5.69 Å². The number of hydrogen-bond donors (Lipinski definition) is 1. The van der Waals surface area contributed by atoms with E-state index in [1.54, 1.807) is 0 Å². The highest BCUT2D eigenvalue weighted by molar-refractivity contribution is 5.85. The Morgan fingerprint density at radius 1 is 0.842 bits per heavy atom. The minimum atomic E-state index is 0.546. The molecule has 1 aliphatic rings. The SMILES string of the molecule is C(=Cc1nc2c(N3CCOCC3)ccnn2c1-c1ccc(-c2nn[nH]n2)cc1)c1ccc2ccccc2n1. The number of morpholine rings is 1. The number of nitrogens with one attached hydrogen (secondary N) is 1. The van der Waals surface area contributed by atoms with Crippen LogP contribution in [0.4, 0.5) is 5.69 Å². The van der Waals surface area contributed by atoms with Crippen molar-refractivity contribution in [2.24, 2.45) is 0 Å². The number of para-hydroxylation sites is 1. The molecule has 7 rings (SSSR count). The summed E-state index contributed by atoms with van der Waals surface area (Å²) in [5.41, 5.74) is 7.21. The maximum atomic E-state index is 5.57. The normalized spacial score (nSPS) is 14.2. The molecule has 5 heterocycles. The summed E-state index contributed by atoms with van der Waals surface area (Å²) >= 11 is 0. The average Bonchev–Trinajstić information content (AvgIpc) is 3.65. The van der Waals surface area contributed by atoms with E-state index in [2.05, 4.69) is 37.7 Å². The van der Waals surface area contributed by atoms with Crippen LogP contribution in [0.25, 0.3) is 51.3 Å². The van der Waals surface area contributed by atoms with Gasteiger partial charge in [-0.25, -0.2) is 14.5 Å². The van der Waals surface area contributed by atoms with Gasteiger partial charge in [-0.05, 0) is 35.6 Å². The van der Waals surface area contributed by atoms with Crippen LogP contribution >= 0.6 is 0 Å². The largest absolute Gasteiger partial charge is 0.378 e. The number of rotatable bonds is 5. The van der Waals surface area contributed by atoms with Crippen LogP contribution in [0.2, 0.25) is 0 Å². The van der Waals surface area contributed by atoms with E-state index in [0.29, 0.717) is 19.0 Å². The van der Waals surface area contributed by atoms with Crippen molar-refractivity contribution in [2.75, 3.05) is 31.2 Å². The molecule has 186 valence electrons. The van der Waals surface area contributed by atoms with Crippen LogP contribution in [0, 0.1) is 0 Å². The number of benzene rings is 2. The predicted molar refractivity (Wildman–Crippen MR) is 145 cm³/mol. The third-order valence-electron chi connectivity index (χ3n) is 6.67. The number of aromatic nitrogens is 8. The number of ether oxygens (including phenoxy) is 1. The first kappa shape index (κ1) is 22.3. The topological polar surface area (TPSA) is 110 Å². The highest BCUT2D eigenvalue weighted by Crippen LogP contribution is 2.31. The van der Waals surface area contributed by atoms with Crippen molar-refractivity contribution in [1.82, 2.24) is 40.2 Å². The molecule has 0 saturated carbocycles. The number of nitrogens with zero attached hydrogens (tertiary/aromatic N) is 8. The van der Waals surface area contributed by atoms with Crippen LogP contribution in [-0.2, 0) is 4.74 Å². The maximum absolute atomic E-state index is 5.57. The monoisotopic (exact) mass is 501 g/mol. The second-order valence-corrected chi connectivity index (χ2v) is 8.97. The lowest BCUT2D eigenvalue weighted by molar-refractivity contribution is 0.123. The van der Waals surface area contributed by atoms with Gasteiger partial charge in [0, 0.05) is 29.6 Å². The van der Waals surface area contributed by atoms with E-state index in [4.69, 9.17) is 19.8 Å². The van der Waals surface area contributed by atoms with Crippen molar-refractivity contribution >= 4 is 34.4 Å². The van der Waals surface area contributed by atoms with Gasteiger partial charge >= 0.3 is 0 Å². The first-order valence-electron chi connectivity index (χ1n) is 12.4. The van der Waals surface area contributed by atoms with Gasteiger partial charge in [-0.15, -0.1) is 10.2 Å². The molecule has 1 saturated heterocycles. The molecule has 0 amide bonds. The maximum Gasteiger partial charge on any atom is 0.204 e. The Bertz CT molecular complexity index is 1750. The van der Waals surface area contributed by atoms with Crippen molar-refractivity contribution in [3.8, 4) is 22.6 Å². The minimum absolute atomic E-state index is 0.546. The summed E-state index contributed by atoms with van der Waals surface area (Å²) in [6.45, 7) is 3.01. The fourth-order valence-electron chi connectivity index (χ4n) is 4.79. The van der Waals surface area contributed by atoms with Crippen molar-refractivity contribution in [2.45, 2.75) is 0 Å². The molecular weight excluding hydrogens is 478 g/mol. The minimum Gasteiger partial charge on any atom is -0.378 e. The lowest BCUT2D eigenvalue weighted by atomic mass is 10.1. The molecule has 1 fully saturated rings. The molecule has 1 aliphatic heterocycles. The van der Waals surface area contributed by atoms with E-state index < -0.39 is 0 Å². The quantitative estimate of drug-likeness (QED) is 0.376. The molecule has 0 bridgehead atoms. The van der Waals surface area contributed by atoms with Gasteiger partial charge in [0.2, 0.25) is 5.82 Å². The van der Waals surface area contributed by atoms with Gasteiger partial charge in [0.05, 0.1) is 42.0 Å². The van der Waals surface area contributed by atoms with Crippen molar-refractivity contribution in [3.05, 3.63) is 84.3 Å². The molecule has 2 aromatic carbocycles. The van der Waals surface area contributed by atoms with Crippen LogP contribution in [0.15, 0.2) is 72.9 Å². The lowest BCUT2D eigenvalue weighted by Gasteiger charge is -2.28. The van der Waals surface area contributed by atoms with E-state index >= 15 is 0 Å². The Kier molecular flexibility index (Phi) is 5.56. The second kappa shape index (κ2) is 9.49. The van der Waals surface area contributed by atoms with Gasteiger partial charge in [-0.3, -0.25) is 0 Å². The van der Waals surface area contributed by atoms with E-state index in [9.17, 15) is 0 Å². The van der Waals surface area contributed by atoms with E-state index in [0.717, 1.165) is 63.5 Å². The molecule has 0 radical (unpaired) electrons. The summed E-state index contributed by atoms with van der Waals surface area (Å²) in [5, 5.41) is 20.2. The van der Waals surface area contributed by atoms with Crippen molar-refractivity contribution in [3.63, 3.8) is 0 Å². The smallest absolute Gasteiger partial charge is 0.204 e. The molecule has 38 heavy (non-hydrogen) atoms. The van der Waals surface area contributed by atoms with Crippen LogP contribution in [0.1, 0.15) is 11.4 Å². The standard InChI is InChI=1S/C28H23N9O/c1-2-4-23-19(3-1)9-10-22(30-23)11-12-24-26(20-5-7-21(8-6-20)27-32-34-35-33-27)37-28(31-24)25(13-14-29-37)36-15-17-38-18-16-36/h1-14H,15-18H2,(H,32,33,34,35). The summed E-state index contributed by atoms with van der Waals surface area (Å²) in [6.07, 6.45) is 5.84. The molecule has 10 nitrogen and oxygen atoms in total. The zero-order valence-electron chi connectivity index (χ0n) is 20.4. The number of H-pyrrole nitrogens is 1. The Balaban J connectivity index is 1.35. The fourth-order valence-corrected chi connectivity index (χ4v) is 4.79. The summed E-state index contributed by atoms with van der Waals surface area (Å²) in [5.74, 6) is 0.546. The van der Waals surface area contributed by atoms with Crippen LogP contribution in [-0.4, -0.2) is 66.5 Å². The molecular formula is C28H23N9O. The van der Waals surface area contributed by atoms with Gasteiger partial charge in [-0.1, -0.05) is 48.5 Å². The first-order valence-corrected chi connectivity index (χ1v) is 12.4. The van der Waals surface area contributed by atoms with Crippen LogP contribution in [0.3, 0.4) is 0 Å². The van der Waals surface area contributed by atoms with E-state index in [1.165, 1.54) is 0 Å². The molecule has 0 aliphatic carbocycles. The Labute approximate surface area is 217 Å². The predicted octanol–water partition coefficient (Wildman–Crippen LogP) is 4.13. The van der Waals surface area contributed by atoms with Crippen LogP contribution in [0.5, 0.6) is 0 Å². The van der Waals surface area contributed by atoms with Gasteiger partial charge < -0.3 is 9.64 Å². The zero-order valence-corrected chi connectivity index (χ0v) is 20.4. The molecule has 0 spiro atoms. The molecule has 10 heteroatoms. The van der Waals surface area contributed by atoms with Gasteiger partial charge in [0.25, 0.3) is 0 Å². The first-order chi connectivity index (χ1) is 18.8. The Morgan fingerprint density at radius 2 is 1.68 bits per heavy atom. The molecule has 0 unspecified atom stereocenters. The number of hydrogen-bond acceptors (Lipinski definition) is 8. The molecule has 6 aromatic rings. The lowest BCUT2D eigenvalue weighted by Crippen LogP contribution is -2.36. The molecule has 4 aromatic heterocycles.